The van der Waals surface area contributed by atoms with E-state index in [0.717, 1.165) is 29.6 Å². The molecule has 1 saturated carbocycles. The van der Waals surface area contributed by atoms with Crippen LogP contribution in [0.15, 0.2) is 24.3 Å². The molecular weight excluding hydrogens is 248 g/mol. The molecule has 0 aliphatic heterocycles. The molecular formula is C17H22N2O. The predicted molar refractivity (Wildman–Crippen MR) is 81.8 cm³/mol. The average molecular weight is 270 g/mol. The summed E-state index contributed by atoms with van der Waals surface area (Å²) in [6.45, 7) is 2.04. The third-order valence-electron chi connectivity index (χ3n) is 4.33. The Kier molecular flexibility index (Phi) is 3.77. The van der Waals surface area contributed by atoms with Gasteiger partial charge in [-0.15, -0.1) is 0 Å². The molecule has 3 rings (SSSR count). The maximum absolute atomic E-state index is 12.2. The fourth-order valence-electron chi connectivity index (χ4n) is 3.25. The van der Waals surface area contributed by atoms with Crippen molar-refractivity contribution < 1.29 is 4.79 Å². The lowest BCUT2D eigenvalue weighted by molar-refractivity contribution is -0.121. The molecule has 106 valence electrons. The van der Waals surface area contributed by atoms with E-state index in [0.29, 0.717) is 12.5 Å². The Labute approximate surface area is 119 Å². The van der Waals surface area contributed by atoms with Crippen LogP contribution in [0.1, 0.15) is 43.4 Å². The van der Waals surface area contributed by atoms with Crippen molar-refractivity contribution in [3.8, 4) is 0 Å². The van der Waals surface area contributed by atoms with E-state index in [1.54, 1.807) is 0 Å². The van der Waals surface area contributed by atoms with Crippen molar-refractivity contribution in [2.45, 2.75) is 51.5 Å². The molecule has 3 nitrogen and oxygen atoms in total. The zero-order valence-electron chi connectivity index (χ0n) is 12.0. The first kappa shape index (κ1) is 13.2. The summed E-state index contributed by atoms with van der Waals surface area (Å²) in [7, 11) is 0. The molecule has 0 saturated heterocycles. The van der Waals surface area contributed by atoms with Crippen LogP contribution in [-0.2, 0) is 11.2 Å². The first-order valence-corrected chi connectivity index (χ1v) is 7.59. The number of benzene rings is 1. The molecule has 2 N–H and O–H groups in total. The Morgan fingerprint density at radius 2 is 2.00 bits per heavy atom. The van der Waals surface area contributed by atoms with Crippen molar-refractivity contribution in [3.05, 3.63) is 35.5 Å². The predicted octanol–water partition coefficient (Wildman–Crippen LogP) is 3.47. The molecule has 0 spiro atoms. The van der Waals surface area contributed by atoms with Gasteiger partial charge >= 0.3 is 0 Å². The second-order valence-corrected chi connectivity index (χ2v) is 5.85. The molecule has 0 unspecified atom stereocenters. The molecule has 1 aliphatic carbocycles. The first-order valence-electron chi connectivity index (χ1n) is 7.59. The van der Waals surface area contributed by atoms with Crippen LogP contribution in [0.2, 0.25) is 0 Å². The standard InChI is InChI=1S/C17H22N2O/c1-12-15(14-9-5-6-10-16(14)18-12)11-17(20)19-13-7-3-2-4-8-13/h5-6,9-10,13,18H,2-4,7-8,11H2,1H3,(H,19,20). The number of para-hydroxylation sites is 1. The highest BCUT2D eigenvalue weighted by molar-refractivity contribution is 5.90. The molecule has 3 heteroatoms. The van der Waals surface area contributed by atoms with Gasteiger partial charge in [0.2, 0.25) is 5.91 Å². The van der Waals surface area contributed by atoms with E-state index in [4.69, 9.17) is 0 Å². The summed E-state index contributed by atoms with van der Waals surface area (Å²) in [6, 6.07) is 8.58. The Morgan fingerprint density at radius 1 is 1.25 bits per heavy atom. The summed E-state index contributed by atoms with van der Waals surface area (Å²) < 4.78 is 0. The van der Waals surface area contributed by atoms with E-state index in [1.165, 1.54) is 24.6 Å². The number of rotatable bonds is 3. The van der Waals surface area contributed by atoms with Gasteiger partial charge in [0.05, 0.1) is 6.42 Å². The number of amides is 1. The average Bonchev–Trinajstić information content (AvgIpc) is 2.76. The van der Waals surface area contributed by atoms with Gasteiger partial charge in [-0.1, -0.05) is 37.5 Å². The summed E-state index contributed by atoms with van der Waals surface area (Å²) in [4.78, 5) is 15.6. The van der Waals surface area contributed by atoms with E-state index in [9.17, 15) is 4.79 Å². The van der Waals surface area contributed by atoms with E-state index >= 15 is 0 Å². The number of aromatic nitrogens is 1. The van der Waals surface area contributed by atoms with Crippen molar-refractivity contribution in [1.82, 2.24) is 10.3 Å². The summed E-state index contributed by atoms with van der Waals surface area (Å²) in [5, 5.41) is 4.37. The molecule has 1 amide bonds. The minimum atomic E-state index is 0.157. The second kappa shape index (κ2) is 5.70. The number of carbonyl (C=O) groups is 1. The lowest BCUT2D eigenvalue weighted by atomic mass is 9.95. The van der Waals surface area contributed by atoms with E-state index in [-0.39, 0.29) is 5.91 Å². The smallest absolute Gasteiger partial charge is 0.224 e. The Hall–Kier alpha value is -1.77. The molecule has 1 fully saturated rings. The normalized spacial score (nSPS) is 16.4. The zero-order valence-corrected chi connectivity index (χ0v) is 12.0. The highest BCUT2D eigenvalue weighted by Crippen LogP contribution is 2.23. The first-order chi connectivity index (χ1) is 9.74. The van der Waals surface area contributed by atoms with Crippen LogP contribution < -0.4 is 5.32 Å². The van der Waals surface area contributed by atoms with Gasteiger partial charge in [-0.2, -0.15) is 0 Å². The maximum Gasteiger partial charge on any atom is 0.224 e. The number of hydrogen-bond donors (Lipinski definition) is 2. The number of hydrogen-bond acceptors (Lipinski definition) is 1. The molecule has 0 atom stereocenters. The van der Waals surface area contributed by atoms with Crippen LogP contribution in [0.3, 0.4) is 0 Å². The van der Waals surface area contributed by atoms with Crippen molar-refractivity contribution in [2.75, 3.05) is 0 Å². The van der Waals surface area contributed by atoms with Crippen LogP contribution in [0, 0.1) is 6.92 Å². The molecule has 2 aromatic rings. The van der Waals surface area contributed by atoms with Gasteiger partial charge in [-0.05, 0) is 31.4 Å². The van der Waals surface area contributed by atoms with E-state index < -0.39 is 0 Å². The molecule has 1 heterocycles. The van der Waals surface area contributed by atoms with Crippen LogP contribution in [-0.4, -0.2) is 16.9 Å². The largest absolute Gasteiger partial charge is 0.358 e. The van der Waals surface area contributed by atoms with Crippen LogP contribution in [0.4, 0.5) is 0 Å². The number of fused-ring (bicyclic) bond motifs is 1. The minimum absolute atomic E-state index is 0.157. The maximum atomic E-state index is 12.2. The highest BCUT2D eigenvalue weighted by atomic mass is 16.1. The lowest BCUT2D eigenvalue weighted by Crippen LogP contribution is -2.37. The quantitative estimate of drug-likeness (QED) is 0.881. The number of nitrogens with one attached hydrogen (secondary N) is 2. The Balaban J connectivity index is 1.72. The van der Waals surface area contributed by atoms with Crippen molar-refractivity contribution in [1.29, 1.82) is 0 Å². The molecule has 1 aromatic carbocycles. The molecule has 1 aliphatic rings. The van der Waals surface area contributed by atoms with E-state index in [2.05, 4.69) is 22.4 Å². The van der Waals surface area contributed by atoms with Crippen LogP contribution >= 0.6 is 0 Å². The van der Waals surface area contributed by atoms with Crippen molar-refractivity contribution in [2.24, 2.45) is 0 Å². The number of aryl methyl sites for hydroxylation is 1. The third kappa shape index (κ3) is 2.72. The van der Waals surface area contributed by atoms with Gasteiger partial charge in [-0.3, -0.25) is 4.79 Å². The van der Waals surface area contributed by atoms with Crippen molar-refractivity contribution in [3.63, 3.8) is 0 Å². The SMILES string of the molecule is Cc1[nH]c2ccccc2c1CC(=O)NC1CCCCC1. The van der Waals surface area contributed by atoms with Crippen LogP contribution in [0.5, 0.6) is 0 Å². The second-order valence-electron chi connectivity index (χ2n) is 5.85. The van der Waals surface area contributed by atoms with Gasteiger partial charge in [0.25, 0.3) is 0 Å². The number of carbonyl (C=O) groups excluding carboxylic acids is 1. The highest BCUT2D eigenvalue weighted by Gasteiger charge is 2.17. The van der Waals surface area contributed by atoms with Gasteiger partial charge in [0, 0.05) is 22.6 Å². The van der Waals surface area contributed by atoms with Crippen molar-refractivity contribution >= 4 is 16.8 Å². The third-order valence-corrected chi connectivity index (χ3v) is 4.33. The van der Waals surface area contributed by atoms with Gasteiger partial charge in [0.1, 0.15) is 0 Å². The lowest BCUT2D eigenvalue weighted by Gasteiger charge is -2.22. The summed E-state index contributed by atoms with van der Waals surface area (Å²) >= 11 is 0. The van der Waals surface area contributed by atoms with Crippen LogP contribution in [0.25, 0.3) is 10.9 Å². The van der Waals surface area contributed by atoms with Gasteiger partial charge < -0.3 is 10.3 Å². The monoisotopic (exact) mass is 270 g/mol. The minimum Gasteiger partial charge on any atom is -0.358 e. The molecule has 1 aromatic heterocycles. The fraction of sp³-hybridized carbons (Fsp3) is 0.471. The fourth-order valence-corrected chi connectivity index (χ4v) is 3.25. The Morgan fingerprint density at radius 3 is 2.80 bits per heavy atom. The molecule has 0 bridgehead atoms. The molecule has 20 heavy (non-hydrogen) atoms. The molecule has 0 radical (unpaired) electrons. The van der Waals surface area contributed by atoms with E-state index in [1.807, 2.05) is 19.1 Å². The zero-order chi connectivity index (χ0) is 13.9. The Bertz CT molecular complexity index is 608. The summed E-state index contributed by atoms with van der Waals surface area (Å²) in [6.07, 6.45) is 6.56. The summed E-state index contributed by atoms with van der Waals surface area (Å²) in [5.41, 5.74) is 3.35. The summed E-state index contributed by atoms with van der Waals surface area (Å²) in [5.74, 6) is 0.157. The topological polar surface area (TPSA) is 44.9 Å². The van der Waals surface area contributed by atoms with Gasteiger partial charge in [0.15, 0.2) is 0 Å². The van der Waals surface area contributed by atoms with Gasteiger partial charge in [-0.25, -0.2) is 0 Å². The number of aromatic amines is 1. The number of H-pyrrole nitrogens is 1.